The van der Waals surface area contributed by atoms with Gasteiger partial charge < -0.3 is 24.8 Å². The Labute approximate surface area is 280 Å². The highest BCUT2D eigenvalue weighted by atomic mass is 35.5. The Morgan fingerprint density at radius 3 is 2.79 bits per heavy atom. The number of benzene rings is 2. The molecule has 1 unspecified atom stereocenters. The number of hydrogen-bond acceptors (Lipinski definition) is 10. The van der Waals surface area contributed by atoms with Crippen LogP contribution < -0.4 is 20.1 Å². The number of hydrogen-bond donors (Lipinski definition) is 1. The van der Waals surface area contributed by atoms with Crippen LogP contribution in [0.25, 0.3) is 32.1 Å². The van der Waals surface area contributed by atoms with Crippen LogP contribution >= 0.6 is 22.9 Å². The number of rotatable bonds is 8. The predicted molar refractivity (Wildman–Crippen MR) is 172 cm³/mol. The number of nitrogens with zero attached hydrogens (tertiary/aromatic N) is 5. The van der Waals surface area contributed by atoms with Crippen LogP contribution in [0.1, 0.15) is 31.7 Å². The van der Waals surface area contributed by atoms with Crippen molar-refractivity contribution in [2.24, 2.45) is 0 Å². The van der Waals surface area contributed by atoms with E-state index in [2.05, 4.69) is 9.97 Å². The van der Waals surface area contributed by atoms with E-state index in [1.54, 1.807) is 6.92 Å². The van der Waals surface area contributed by atoms with Crippen molar-refractivity contribution in [3.05, 3.63) is 34.4 Å². The highest BCUT2D eigenvalue weighted by Gasteiger charge is 2.49. The lowest BCUT2D eigenvalue weighted by Crippen LogP contribution is -2.49. The summed E-state index contributed by atoms with van der Waals surface area (Å²) >= 11 is 7.77. The Balaban J connectivity index is 1.48. The monoisotopic (exact) mass is 708 g/mol. The van der Waals surface area contributed by atoms with Crippen molar-refractivity contribution >= 4 is 54.7 Å². The number of halogens is 6. The van der Waals surface area contributed by atoms with Crippen molar-refractivity contribution in [1.82, 2.24) is 14.9 Å². The summed E-state index contributed by atoms with van der Waals surface area (Å²) in [7, 11) is 1.42. The quantitative estimate of drug-likeness (QED) is 0.200. The molecule has 4 aromatic rings. The number of anilines is 2. The summed E-state index contributed by atoms with van der Waals surface area (Å²) in [4.78, 5) is 12.3. The van der Waals surface area contributed by atoms with E-state index < -0.39 is 48.5 Å². The molecule has 254 valence electrons. The maximum atomic E-state index is 17.1. The van der Waals surface area contributed by atoms with E-state index in [4.69, 9.17) is 31.5 Å². The summed E-state index contributed by atoms with van der Waals surface area (Å²) in [6.07, 6.45) is -2.76. The van der Waals surface area contributed by atoms with Gasteiger partial charge in [0.05, 0.1) is 44.9 Å². The maximum Gasteiger partial charge on any atom is 0.319 e. The molecule has 3 aliphatic heterocycles. The molecule has 0 spiro atoms. The van der Waals surface area contributed by atoms with Gasteiger partial charge in [0.1, 0.15) is 47.6 Å². The predicted octanol–water partition coefficient (Wildman–Crippen LogP) is 6.72. The number of thiophene rings is 1. The number of fused-ring (bicyclic) bond motifs is 2. The summed E-state index contributed by atoms with van der Waals surface area (Å²) in [6.45, 7) is 1.62. The molecule has 2 aromatic heterocycles. The van der Waals surface area contributed by atoms with Crippen molar-refractivity contribution in [2.45, 2.75) is 56.5 Å². The minimum absolute atomic E-state index is 0.00513. The van der Waals surface area contributed by atoms with E-state index in [9.17, 15) is 22.8 Å². The highest BCUT2D eigenvalue weighted by molar-refractivity contribution is 7.23. The van der Waals surface area contributed by atoms with Gasteiger partial charge in [-0.1, -0.05) is 17.7 Å². The molecule has 9 nitrogen and oxygen atoms in total. The topological polar surface area (TPSA) is 110 Å². The van der Waals surface area contributed by atoms with Gasteiger partial charge in [-0.3, -0.25) is 4.90 Å². The first kappa shape index (κ1) is 32.8. The van der Waals surface area contributed by atoms with E-state index in [-0.39, 0.29) is 91.5 Å². The van der Waals surface area contributed by atoms with Gasteiger partial charge in [-0.05, 0) is 37.9 Å². The molecule has 5 heterocycles. The Morgan fingerprint density at radius 1 is 1.27 bits per heavy atom. The van der Waals surface area contributed by atoms with Crippen molar-refractivity contribution in [3.8, 4) is 29.0 Å². The van der Waals surface area contributed by atoms with Gasteiger partial charge in [-0.2, -0.15) is 15.2 Å². The lowest BCUT2D eigenvalue weighted by Gasteiger charge is -2.34. The summed E-state index contributed by atoms with van der Waals surface area (Å²) in [5.41, 5.74) is 4.82. The van der Waals surface area contributed by atoms with Crippen LogP contribution in [0.5, 0.6) is 11.8 Å². The molecule has 48 heavy (non-hydrogen) atoms. The molecule has 4 atom stereocenters. The van der Waals surface area contributed by atoms with Gasteiger partial charge in [0.2, 0.25) is 0 Å². The summed E-state index contributed by atoms with van der Waals surface area (Å²) in [5, 5.41) is 9.65. The van der Waals surface area contributed by atoms with Crippen molar-refractivity contribution in [3.63, 3.8) is 0 Å². The number of nitrogen functional groups attached to an aromatic ring is 1. The van der Waals surface area contributed by atoms with Crippen LogP contribution in [0.15, 0.2) is 12.1 Å². The highest BCUT2D eigenvalue weighted by Crippen LogP contribution is 2.51. The van der Waals surface area contributed by atoms with Gasteiger partial charge in [0.15, 0.2) is 11.6 Å². The zero-order valence-electron chi connectivity index (χ0n) is 25.8. The van der Waals surface area contributed by atoms with Crippen LogP contribution in [-0.2, 0) is 4.74 Å². The first-order valence-corrected chi connectivity index (χ1v) is 16.5. The number of nitrogens with two attached hydrogens (primary N) is 1. The zero-order valence-corrected chi connectivity index (χ0v) is 27.4. The maximum absolute atomic E-state index is 17.1. The van der Waals surface area contributed by atoms with E-state index in [0.29, 0.717) is 13.0 Å². The molecular weight excluding hydrogens is 679 g/mol. The molecule has 2 aromatic carbocycles. The third kappa shape index (κ3) is 5.15. The van der Waals surface area contributed by atoms with Crippen molar-refractivity contribution in [1.29, 1.82) is 5.26 Å². The number of aromatic nitrogens is 2. The van der Waals surface area contributed by atoms with E-state index in [0.717, 1.165) is 23.8 Å². The normalized spacial score (nSPS) is 23.0. The summed E-state index contributed by atoms with van der Waals surface area (Å²) in [6, 6.07) is 3.21. The standard InChI is InChI=1S/C32H30ClF5N6O3S/c1-14(45-2)19-12-46-27-23-26(25(38)22(24(27)33)16-4-5-18(35)28-21(16)17(9-39)29(40)48-28)41-31(42-30(23)44(19)11-20(36)37)47-13-32-6-3-7-43(32)10-15(34)8-32/h4-5,14-15,19-20H,3,6-8,10-13,40H2,1-2H3/t14?,15-,19-,32+/m1/s1. The average Bonchev–Trinajstić information content (AvgIpc) is 3.66. The van der Waals surface area contributed by atoms with E-state index in [1.165, 1.54) is 18.1 Å². The fourth-order valence-electron chi connectivity index (χ4n) is 7.37. The van der Waals surface area contributed by atoms with E-state index >= 15 is 4.39 Å². The minimum Gasteiger partial charge on any atom is -0.489 e. The minimum atomic E-state index is -2.83. The van der Waals surface area contributed by atoms with Gasteiger partial charge in [0.25, 0.3) is 6.43 Å². The van der Waals surface area contributed by atoms with Gasteiger partial charge in [-0.25, -0.2) is 22.0 Å². The molecule has 3 aliphatic rings. The van der Waals surface area contributed by atoms with Crippen LogP contribution in [-0.4, -0.2) is 85.1 Å². The Kier molecular flexibility index (Phi) is 8.42. The second-order valence-electron chi connectivity index (χ2n) is 12.4. The molecule has 16 heteroatoms. The molecule has 0 aliphatic carbocycles. The molecule has 7 rings (SSSR count). The first-order chi connectivity index (χ1) is 23.0. The smallest absolute Gasteiger partial charge is 0.319 e. The fraction of sp³-hybridized carbons (Fsp3) is 0.469. The Morgan fingerprint density at radius 2 is 2.06 bits per heavy atom. The zero-order chi connectivity index (χ0) is 34.1. The summed E-state index contributed by atoms with van der Waals surface area (Å²) in [5.74, 6) is -1.87. The molecule has 0 radical (unpaired) electrons. The number of nitriles is 1. The second-order valence-corrected chi connectivity index (χ2v) is 13.8. The molecule has 0 amide bonds. The molecular formula is C32H30ClF5N6O3S. The van der Waals surface area contributed by atoms with Crippen LogP contribution in [0, 0.1) is 23.0 Å². The van der Waals surface area contributed by atoms with Crippen molar-refractivity contribution < 1.29 is 36.2 Å². The summed E-state index contributed by atoms with van der Waals surface area (Å²) < 4.78 is 92.7. The number of ether oxygens (including phenoxy) is 3. The Bertz CT molecular complexity index is 1980. The van der Waals surface area contributed by atoms with Crippen molar-refractivity contribution in [2.75, 3.05) is 50.6 Å². The Hall–Kier alpha value is -3.71. The lowest BCUT2D eigenvalue weighted by atomic mass is 9.95. The number of methoxy groups -OCH3 is 1. The van der Waals surface area contributed by atoms with Gasteiger partial charge in [-0.15, -0.1) is 11.3 Å². The van der Waals surface area contributed by atoms with Crippen LogP contribution in [0.4, 0.5) is 32.8 Å². The molecule has 0 saturated carbocycles. The van der Waals surface area contributed by atoms with Gasteiger partial charge >= 0.3 is 6.01 Å². The second kappa shape index (κ2) is 12.3. The molecule has 2 saturated heterocycles. The molecule has 2 N–H and O–H groups in total. The third-order valence-electron chi connectivity index (χ3n) is 9.69. The molecule has 0 bridgehead atoms. The number of alkyl halides is 3. The third-order valence-corrected chi connectivity index (χ3v) is 11.1. The largest absolute Gasteiger partial charge is 0.489 e. The van der Waals surface area contributed by atoms with Gasteiger partial charge in [0, 0.05) is 31.0 Å². The van der Waals surface area contributed by atoms with E-state index in [1.807, 2.05) is 11.0 Å². The SMILES string of the molecule is COC(C)[C@H]1COc2c(Cl)c(-c3ccc(F)c4sc(N)c(C#N)c34)c(F)c3nc(OC[C@@]45CCCN4C[C@H](F)C5)nc(c23)N1CC(F)F. The van der Waals surface area contributed by atoms with Crippen LogP contribution in [0.3, 0.4) is 0 Å². The molecule has 2 fully saturated rings. The van der Waals surface area contributed by atoms with Crippen LogP contribution in [0.2, 0.25) is 5.02 Å². The lowest BCUT2D eigenvalue weighted by molar-refractivity contribution is 0.0676. The first-order valence-electron chi connectivity index (χ1n) is 15.3. The fourth-order valence-corrected chi connectivity index (χ4v) is 8.65. The average molecular weight is 709 g/mol.